The first-order chi connectivity index (χ1) is 28.9. The Kier molecular flexibility index (Phi) is 13.0. The summed E-state index contributed by atoms with van der Waals surface area (Å²) in [6.07, 6.45) is 13.6. The highest BCUT2D eigenvalue weighted by atomic mass is 16.2. The van der Waals surface area contributed by atoms with Gasteiger partial charge in [-0.25, -0.2) is 0 Å². The van der Waals surface area contributed by atoms with Gasteiger partial charge in [0.05, 0.1) is 29.1 Å². The first kappa shape index (κ1) is 42.2. The zero-order valence-corrected chi connectivity index (χ0v) is 34.7. The van der Waals surface area contributed by atoms with E-state index < -0.39 is 29.7 Å². The first-order valence-electron chi connectivity index (χ1n) is 21.2. The summed E-state index contributed by atoms with van der Waals surface area (Å²) in [6, 6.07) is 13.8. The maximum absolute atomic E-state index is 13.3. The number of benzene rings is 2. The molecule has 2 unspecified atom stereocenters. The lowest BCUT2D eigenvalue weighted by Gasteiger charge is -2.28. The number of hydrogen-bond acceptors (Lipinski definition) is 9. The molecule has 1 fully saturated rings. The number of unbranched alkanes of at least 4 members (excludes halogenated alkanes) is 5. The summed E-state index contributed by atoms with van der Waals surface area (Å²) in [5, 5.41) is 20.2. The van der Waals surface area contributed by atoms with Gasteiger partial charge in [0.25, 0.3) is 17.7 Å². The summed E-state index contributed by atoms with van der Waals surface area (Å²) < 4.78 is 1.94. The maximum Gasteiger partial charge on any atom is 0.276 e. The van der Waals surface area contributed by atoms with Crippen LogP contribution in [-0.4, -0.2) is 91.4 Å². The minimum atomic E-state index is -1.04. The summed E-state index contributed by atoms with van der Waals surface area (Å²) in [5.74, 6) is -2.67. The molecule has 15 heteroatoms. The highest BCUT2D eigenvalue weighted by Crippen LogP contribution is 2.35. The predicted octanol–water partition coefficient (Wildman–Crippen LogP) is 6.06. The van der Waals surface area contributed by atoms with Gasteiger partial charge in [-0.1, -0.05) is 69.9 Å². The minimum Gasteiger partial charge on any atom is -0.326 e. The van der Waals surface area contributed by atoms with Gasteiger partial charge in [0.15, 0.2) is 5.69 Å². The van der Waals surface area contributed by atoms with Crippen molar-refractivity contribution in [2.75, 3.05) is 30.8 Å². The molecule has 1 aliphatic carbocycles. The van der Waals surface area contributed by atoms with Crippen molar-refractivity contribution in [2.24, 2.45) is 5.41 Å². The Morgan fingerprint density at radius 2 is 1.65 bits per heavy atom. The van der Waals surface area contributed by atoms with Crippen molar-refractivity contribution in [3.8, 4) is 0 Å². The molecule has 0 bridgehead atoms. The fourth-order valence-electron chi connectivity index (χ4n) is 8.53. The van der Waals surface area contributed by atoms with E-state index in [0.717, 1.165) is 99.0 Å². The van der Waals surface area contributed by atoms with Gasteiger partial charge in [-0.05, 0) is 87.7 Å². The van der Waals surface area contributed by atoms with Crippen LogP contribution in [-0.2, 0) is 27.2 Å². The monoisotopic (exact) mass is 817 g/mol. The highest BCUT2D eigenvalue weighted by molar-refractivity contribution is 6.24. The number of amides is 6. The summed E-state index contributed by atoms with van der Waals surface area (Å²) in [6.45, 7) is 6.32. The number of nitrogens with one attached hydrogen (secondary N) is 4. The van der Waals surface area contributed by atoms with Crippen LogP contribution >= 0.6 is 0 Å². The Labute approximate surface area is 350 Å². The molecule has 2 atom stereocenters. The molecular formula is C45H55N9O6. The number of imide groups is 2. The van der Waals surface area contributed by atoms with Crippen LogP contribution < -0.4 is 16.0 Å². The number of fused-ring (bicyclic) bond motifs is 2. The number of H-pyrrole nitrogens is 1. The molecule has 1 saturated heterocycles. The van der Waals surface area contributed by atoms with E-state index in [-0.39, 0.29) is 47.2 Å². The van der Waals surface area contributed by atoms with Gasteiger partial charge >= 0.3 is 0 Å². The largest absolute Gasteiger partial charge is 0.326 e. The Balaban J connectivity index is 0.798. The highest BCUT2D eigenvalue weighted by Gasteiger charge is 2.44. The summed E-state index contributed by atoms with van der Waals surface area (Å²) in [7, 11) is 2.14. The SMILES string of the molecule is CN(CCCCCCCCC(=O)Nc1ccc2c(c1)C(=O)N(C1CCC(=O)NC1=O)C2=O)CCC(c1ccccc1)n1cc(NC(=O)c2n[nH]c3c2CCC(C)(C)C3)cn1. The van der Waals surface area contributed by atoms with Gasteiger partial charge in [-0.2, -0.15) is 10.2 Å². The average molecular weight is 818 g/mol. The Morgan fingerprint density at radius 1 is 0.900 bits per heavy atom. The first-order valence-corrected chi connectivity index (χ1v) is 21.2. The van der Waals surface area contributed by atoms with E-state index in [2.05, 4.69) is 69.2 Å². The summed E-state index contributed by atoms with van der Waals surface area (Å²) in [4.78, 5) is 79.2. The lowest BCUT2D eigenvalue weighted by molar-refractivity contribution is -0.136. The topological polar surface area (TPSA) is 191 Å². The number of carbonyl (C=O) groups is 6. The molecule has 0 spiro atoms. The van der Waals surface area contributed by atoms with Crippen LogP contribution in [0.5, 0.6) is 0 Å². The number of aromatic amines is 1. The second-order valence-corrected chi connectivity index (χ2v) is 17.2. The molecule has 60 heavy (non-hydrogen) atoms. The van der Waals surface area contributed by atoms with Crippen molar-refractivity contribution in [3.63, 3.8) is 0 Å². The smallest absolute Gasteiger partial charge is 0.276 e. The molecule has 4 heterocycles. The van der Waals surface area contributed by atoms with Gasteiger partial charge in [0.2, 0.25) is 17.7 Å². The number of rotatable bonds is 18. The van der Waals surface area contributed by atoms with E-state index in [0.29, 0.717) is 23.5 Å². The molecule has 15 nitrogen and oxygen atoms in total. The van der Waals surface area contributed by atoms with Gasteiger partial charge in [-0.15, -0.1) is 0 Å². The zero-order chi connectivity index (χ0) is 42.4. The third-order valence-electron chi connectivity index (χ3n) is 11.9. The standard InChI is InChI=1S/C45H55N9O6/c1-45(2)22-20-33-35(26-45)50-51-40(33)42(58)48-31-27-46-53(28-31)36(29-13-9-8-10-14-29)21-24-52(3)23-12-7-5-4-6-11-15-38(55)47-30-16-17-32-34(25-30)44(60)54(43(32)59)37-18-19-39(56)49-41(37)57/h8-10,13-14,16-17,25,27-28,36-37H,4-7,11-12,15,18-24,26H2,1-3H3,(H,47,55)(H,48,58)(H,50,51)(H,49,56,57). The lowest BCUT2D eigenvalue weighted by Crippen LogP contribution is -2.54. The van der Waals surface area contributed by atoms with Crippen molar-refractivity contribution in [2.45, 2.75) is 109 Å². The molecule has 3 aliphatic rings. The molecule has 0 saturated carbocycles. The molecule has 2 aliphatic heterocycles. The van der Waals surface area contributed by atoms with Crippen molar-refractivity contribution in [1.29, 1.82) is 0 Å². The van der Waals surface area contributed by atoms with Crippen LogP contribution in [0.1, 0.15) is 139 Å². The second-order valence-electron chi connectivity index (χ2n) is 17.2. The molecule has 2 aromatic carbocycles. The number of aromatic nitrogens is 4. The molecule has 2 aromatic heterocycles. The molecule has 4 aromatic rings. The van der Waals surface area contributed by atoms with Crippen LogP contribution in [0.4, 0.5) is 11.4 Å². The van der Waals surface area contributed by atoms with Crippen molar-refractivity contribution in [3.05, 3.63) is 94.6 Å². The van der Waals surface area contributed by atoms with E-state index in [1.165, 1.54) is 12.1 Å². The number of nitrogens with zero attached hydrogens (tertiary/aromatic N) is 5. The Hall–Kier alpha value is -5.96. The third kappa shape index (κ3) is 9.90. The van der Waals surface area contributed by atoms with Crippen LogP contribution in [0, 0.1) is 5.41 Å². The van der Waals surface area contributed by atoms with Gasteiger partial charge in [0, 0.05) is 42.5 Å². The van der Waals surface area contributed by atoms with Crippen LogP contribution in [0.3, 0.4) is 0 Å². The molecule has 7 rings (SSSR count). The molecular weight excluding hydrogens is 763 g/mol. The molecule has 4 N–H and O–H groups in total. The van der Waals surface area contributed by atoms with E-state index >= 15 is 0 Å². The number of carbonyl (C=O) groups excluding carboxylic acids is 6. The molecule has 6 amide bonds. The van der Waals surface area contributed by atoms with E-state index in [1.807, 2.05) is 29.1 Å². The van der Waals surface area contributed by atoms with Gasteiger partial charge in [0.1, 0.15) is 6.04 Å². The van der Waals surface area contributed by atoms with Crippen LogP contribution in [0.25, 0.3) is 0 Å². The lowest BCUT2D eigenvalue weighted by atomic mass is 9.76. The number of anilines is 2. The predicted molar refractivity (Wildman–Crippen MR) is 225 cm³/mol. The van der Waals surface area contributed by atoms with E-state index in [9.17, 15) is 28.8 Å². The fraction of sp³-hybridized carbons (Fsp3) is 0.467. The van der Waals surface area contributed by atoms with Gasteiger partial charge in [-0.3, -0.25) is 48.8 Å². The van der Waals surface area contributed by atoms with Crippen molar-refractivity contribution in [1.82, 2.24) is 35.1 Å². The van der Waals surface area contributed by atoms with Gasteiger partial charge < -0.3 is 15.5 Å². The van der Waals surface area contributed by atoms with E-state index in [1.54, 1.807) is 12.3 Å². The van der Waals surface area contributed by atoms with Crippen LogP contribution in [0.15, 0.2) is 60.9 Å². The third-order valence-corrected chi connectivity index (χ3v) is 11.9. The Bertz CT molecular complexity index is 2250. The zero-order valence-electron chi connectivity index (χ0n) is 34.7. The quantitative estimate of drug-likeness (QED) is 0.0684. The van der Waals surface area contributed by atoms with Crippen molar-refractivity contribution < 1.29 is 28.8 Å². The second kappa shape index (κ2) is 18.5. The summed E-state index contributed by atoms with van der Waals surface area (Å²) >= 11 is 0. The number of piperidine rings is 1. The fourth-order valence-corrected chi connectivity index (χ4v) is 8.53. The minimum absolute atomic E-state index is 0.00150. The summed E-state index contributed by atoms with van der Waals surface area (Å²) in [5.41, 5.74) is 5.24. The van der Waals surface area contributed by atoms with Crippen LogP contribution in [0.2, 0.25) is 0 Å². The molecule has 316 valence electrons. The average Bonchev–Trinajstić information content (AvgIpc) is 3.92. The van der Waals surface area contributed by atoms with Crippen molar-refractivity contribution >= 4 is 46.8 Å². The Morgan fingerprint density at radius 3 is 2.43 bits per heavy atom. The number of hydrogen-bond donors (Lipinski definition) is 4. The normalized spacial score (nSPS) is 17.7. The van der Waals surface area contributed by atoms with E-state index in [4.69, 9.17) is 0 Å². The molecule has 0 radical (unpaired) electrons. The maximum atomic E-state index is 13.3.